The number of fused-ring (bicyclic) bond motifs is 3. The lowest BCUT2D eigenvalue weighted by atomic mass is 9.88. The molecule has 84 valence electrons. The highest BCUT2D eigenvalue weighted by Crippen LogP contribution is 2.36. The normalized spacial score (nSPS) is 13.5. The molecular weight excluding hydrogens is 284 g/mol. The van der Waals surface area contributed by atoms with E-state index in [0.29, 0.717) is 16.9 Å². The van der Waals surface area contributed by atoms with E-state index in [2.05, 4.69) is 15.9 Å². The van der Waals surface area contributed by atoms with Crippen LogP contribution in [0.5, 0.6) is 0 Å². The number of halogens is 1. The van der Waals surface area contributed by atoms with Crippen molar-refractivity contribution in [1.82, 2.24) is 0 Å². The fourth-order valence-corrected chi connectivity index (χ4v) is 2.41. The summed E-state index contributed by atoms with van der Waals surface area (Å²) in [6, 6.07) is 7.02. The van der Waals surface area contributed by atoms with Gasteiger partial charge in [-0.3, -0.25) is 9.59 Å². The third-order valence-electron chi connectivity index (χ3n) is 2.78. The standard InChI is InChI=1S/C13H7BrO3/c1-6-4-10-9-5-7(14)2-3-8(9)11(15)12(16)13(10)17-6/h2-5H,1H3. The summed E-state index contributed by atoms with van der Waals surface area (Å²) in [7, 11) is 0. The van der Waals surface area contributed by atoms with Crippen molar-refractivity contribution in [1.29, 1.82) is 0 Å². The van der Waals surface area contributed by atoms with Gasteiger partial charge in [-0.05, 0) is 36.8 Å². The molecule has 0 amide bonds. The molecule has 0 saturated carbocycles. The summed E-state index contributed by atoms with van der Waals surface area (Å²) in [5.74, 6) is -0.292. The van der Waals surface area contributed by atoms with Crippen molar-refractivity contribution in [3.63, 3.8) is 0 Å². The first-order valence-corrected chi connectivity index (χ1v) is 5.86. The molecule has 0 radical (unpaired) electrons. The summed E-state index contributed by atoms with van der Waals surface area (Å²) >= 11 is 3.36. The van der Waals surface area contributed by atoms with Gasteiger partial charge in [0.2, 0.25) is 5.78 Å². The van der Waals surface area contributed by atoms with E-state index in [0.717, 1.165) is 10.0 Å². The van der Waals surface area contributed by atoms with Crippen LogP contribution in [0.1, 0.15) is 26.7 Å². The molecule has 1 heterocycles. The van der Waals surface area contributed by atoms with E-state index >= 15 is 0 Å². The molecule has 1 aromatic heterocycles. The number of benzene rings is 1. The Hall–Kier alpha value is -1.68. The molecule has 1 aromatic carbocycles. The molecule has 3 rings (SSSR count). The second-order valence-corrected chi connectivity index (χ2v) is 4.86. The zero-order chi connectivity index (χ0) is 12.2. The van der Waals surface area contributed by atoms with Gasteiger partial charge in [0.15, 0.2) is 5.76 Å². The lowest BCUT2D eigenvalue weighted by molar-refractivity contribution is 0.0798. The van der Waals surface area contributed by atoms with Crippen LogP contribution >= 0.6 is 15.9 Å². The fraction of sp³-hybridized carbons (Fsp3) is 0.0769. The van der Waals surface area contributed by atoms with Gasteiger partial charge in [-0.1, -0.05) is 15.9 Å². The molecule has 0 N–H and O–H groups in total. The van der Waals surface area contributed by atoms with Crippen LogP contribution < -0.4 is 0 Å². The molecule has 0 spiro atoms. The minimum absolute atomic E-state index is 0.151. The molecule has 1 aliphatic rings. The topological polar surface area (TPSA) is 47.3 Å². The van der Waals surface area contributed by atoms with Crippen LogP contribution in [0.25, 0.3) is 11.1 Å². The van der Waals surface area contributed by atoms with Crippen LogP contribution in [0.3, 0.4) is 0 Å². The number of carbonyl (C=O) groups is 2. The Balaban J connectivity index is 2.40. The van der Waals surface area contributed by atoms with Gasteiger partial charge in [0.05, 0.1) is 0 Å². The molecular formula is C13H7BrO3. The first-order valence-electron chi connectivity index (χ1n) is 5.07. The van der Waals surface area contributed by atoms with Crippen molar-refractivity contribution in [2.45, 2.75) is 6.92 Å². The van der Waals surface area contributed by atoms with E-state index in [9.17, 15) is 9.59 Å². The first kappa shape index (κ1) is 10.5. The molecule has 0 saturated heterocycles. The van der Waals surface area contributed by atoms with E-state index in [1.54, 1.807) is 25.1 Å². The van der Waals surface area contributed by atoms with Gasteiger partial charge in [-0.2, -0.15) is 0 Å². The average molecular weight is 291 g/mol. The van der Waals surface area contributed by atoms with Gasteiger partial charge in [-0.25, -0.2) is 0 Å². The maximum Gasteiger partial charge on any atom is 0.269 e. The van der Waals surface area contributed by atoms with E-state index in [-0.39, 0.29) is 5.76 Å². The lowest BCUT2D eigenvalue weighted by Crippen LogP contribution is -2.19. The second kappa shape index (κ2) is 3.40. The van der Waals surface area contributed by atoms with E-state index < -0.39 is 11.6 Å². The first-order chi connectivity index (χ1) is 8.08. The molecule has 0 fully saturated rings. The van der Waals surface area contributed by atoms with Gasteiger partial charge in [-0.15, -0.1) is 0 Å². The number of Topliss-reactive ketones (excluding diaryl/α,β-unsaturated/α-hetero) is 2. The minimum atomic E-state index is -0.567. The molecule has 0 unspecified atom stereocenters. The molecule has 4 heteroatoms. The highest BCUT2D eigenvalue weighted by atomic mass is 79.9. The highest BCUT2D eigenvalue weighted by molar-refractivity contribution is 9.10. The van der Waals surface area contributed by atoms with Crippen LogP contribution in [0.4, 0.5) is 0 Å². The molecule has 17 heavy (non-hydrogen) atoms. The molecule has 1 aliphatic carbocycles. The van der Waals surface area contributed by atoms with Crippen molar-refractivity contribution in [3.8, 4) is 11.1 Å². The number of hydrogen-bond acceptors (Lipinski definition) is 3. The predicted molar refractivity (Wildman–Crippen MR) is 65.2 cm³/mol. The number of ketones is 2. The quantitative estimate of drug-likeness (QED) is 0.699. The largest absolute Gasteiger partial charge is 0.457 e. The molecule has 0 atom stereocenters. The molecule has 2 aromatic rings. The average Bonchev–Trinajstić information content (AvgIpc) is 2.68. The summed E-state index contributed by atoms with van der Waals surface area (Å²) in [6.07, 6.45) is 0. The van der Waals surface area contributed by atoms with Gasteiger partial charge in [0, 0.05) is 15.6 Å². The number of aryl methyl sites for hydroxylation is 1. The zero-order valence-electron chi connectivity index (χ0n) is 8.91. The summed E-state index contributed by atoms with van der Waals surface area (Å²) in [6.45, 7) is 1.76. The maximum absolute atomic E-state index is 11.9. The van der Waals surface area contributed by atoms with E-state index in [1.165, 1.54) is 0 Å². The monoisotopic (exact) mass is 290 g/mol. The van der Waals surface area contributed by atoms with Gasteiger partial charge in [0.1, 0.15) is 5.76 Å². The Morgan fingerprint density at radius 3 is 2.53 bits per heavy atom. The highest BCUT2D eigenvalue weighted by Gasteiger charge is 2.33. The van der Waals surface area contributed by atoms with Crippen molar-refractivity contribution in [2.24, 2.45) is 0 Å². The van der Waals surface area contributed by atoms with Gasteiger partial charge in [0.25, 0.3) is 5.78 Å². The summed E-state index contributed by atoms with van der Waals surface area (Å²) in [4.78, 5) is 23.7. The van der Waals surface area contributed by atoms with Crippen molar-refractivity contribution < 1.29 is 14.0 Å². The van der Waals surface area contributed by atoms with Crippen molar-refractivity contribution in [2.75, 3.05) is 0 Å². The molecule has 0 aliphatic heterocycles. The molecule has 3 nitrogen and oxygen atoms in total. The Kier molecular flexibility index (Phi) is 2.10. The molecule has 0 bridgehead atoms. The third kappa shape index (κ3) is 1.41. The predicted octanol–water partition coefficient (Wildman–Crippen LogP) is 3.40. The minimum Gasteiger partial charge on any atom is -0.457 e. The van der Waals surface area contributed by atoms with Crippen LogP contribution in [0, 0.1) is 6.92 Å². The Morgan fingerprint density at radius 2 is 1.76 bits per heavy atom. The third-order valence-corrected chi connectivity index (χ3v) is 3.28. The summed E-state index contributed by atoms with van der Waals surface area (Å²) in [5, 5.41) is 0. The number of carbonyl (C=O) groups excluding carboxylic acids is 2. The second-order valence-electron chi connectivity index (χ2n) is 3.95. The SMILES string of the molecule is Cc1cc2c(o1)C(=O)C(=O)c1ccc(Br)cc1-2. The number of rotatable bonds is 0. The van der Waals surface area contributed by atoms with E-state index in [1.807, 2.05) is 6.07 Å². The van der Waals surface area contributed by atoms with E-state index in [4.69, 9.17) is 4.42 Å². The fourth-order valence-electron chi connectivity index (χ4n) is 2.05. The van der Waals surface area contributed by atoms with Gasteiger partial charge >= 0.3 is 0 Å². The Morgan fingerprint density at radius 1 is 1.00 bits per heavy atom. The number of furan rings is 1. The summed E-state index contributed by atoms with van der Waals surface area (Å²) < 4.78 is 6.16. The summed E-state index contributed by atoms with van der Waals surface area (Å²) in [5.41, 5.74) is 1.88. The van der Waals surface area contributed by atoms with Gasteiger partial charge < -0.3 is 4.42 Å². The van der Waals surface area contributed by atoms with Crippen LogP contribution in [0.15, 0.2) is 33.2 Å². The maximum atomic E-state index is 11.9. The lowest BCUT2D eigenvalue weighted by Gasteiger charge is -2.13. The Bertz CT molecular complexity index is 667. The smallest absolute Gasteiger partial charge is 0.269 e. The van der Waals surface area contributed by atoms with Crippen LogP contribution in [-0.4, -0.2) is 11.6 Å². The zero-order valence-corrected chi connectivity index (χ0v) is 10.5. The van der Waals surface area contributed by atoms with Crippen molar-refractivity contribution >= 4 is 27.5 Å². The van der Waals surface area contributed by atoms with Crippen molar-refractivity contribution in [3.05, 3.63) is 45.8 Å². The van der Waals surface area contributed by atoms with Crippen LogP contribution in [-0.2, 0) is 0 Å². The number of hydrogen-bond donors (Lipinski definition) is 0. The Labute approximate surface area is 106 Å². The van der Waals surface area contributed by atoms with Crippen LogP contribution in [0.2, 0.25) is 0 Å².